The molecule has 0 aliphatic heterocycles. The Morgan fingerprint density at radius 1 is 0.829 bits per heavy atom. The number of halogens is 1. The maximum Gasteiger partial charge on any atom is 0.310 e. The van der Waals surface area contributed by atoms with Gasteiger partial charge >= 0.3 is 11.9 Å². The summed E-state index contributed by atoms with van der Waals surface area (Å²) in [5.74, 6) is 0.516. The number of carbonyl (C=O) groups excluding carboxylic acids is 2. The highest BCUT2D eigenvalue weighted by molar-refractivity contribution is 5.91. The summed E-state index contributed by atoms with van der Waals surface area (Å²) in [6.07, 6.45) is 2.93. The van der Waals surface area contributed by atoms with E-state index in [1.54, 1.807) is 18.2 Å². The normalized spacial score (nSPS) is 10.9. The zero-order chi connectivity index (χ0) is 28.8. The van der Waals surface area contributed by atoms with Crippen molar-refractivity contribution in [3.05, 3.63) is 114 Å². The van der Waals surface area contributed by atoms with Crippen LogP contribution < -0.4 is 9.47 Å². The highest BCUT2D eigenvalue weighted by Crippen LogP contribution is 2.31. The SMILES string of the molecule is CCCOC(=O)Cc1cn(Cc2ccc(Oc3cccc(F)c3)cc2)c2cc(-c3cccc(OC(C)=O)c3)ccc12. The van der Waals surface area contributed by atoms with Crippen LogP contribution in [-0.2, 0) is 27.3 Å². The van der Waals surface area contributed by atoms with Crippen molar-refractivity contribution in [3.8, 4) is 28.4 Å². The van der Waals surface area contributed by atoms with Gasteiger partial charge in [-0.1, -0.05) is 49.4 Å². The number of fused-ring (bicyclic) bond motifs is 1. The van der Waals surface area contributed by atoms with Gasteiger partial charge in [0.05, 0.1) is 13.0 Å². The first-order valence-electron chi connectivity index (χ1n) is 13.5. The van der Waals surface area contributed by atoms with Gasteiger partial charge in [-0.25, -0.2) is 4.39 Å². The molecule has 208 valence electrons. The lowest BCUT2D eigenvalue weighted by molar-refractivity contribution is -0.142. The molecule has 0 amide bonds. The minimum absolute atomic E-state index is 0.172. The van der Waals surface area contributed by atoms with Crippen LogP contribution in [0.4, 0.5) is 4.39 Å². The highest BCUT2D eigenvalue weighted by atomic mass is 19.1. The largest absolute Gasteiger partial charge is 0.465 e. The quantitative estimate of drug-likeness (QED) is 0.131. The monoisotopic (exact) mass is 551 g/mol. The van der Waals surface area contributed by atoms with Crippen molar-refractivity contribution >= 4 is 22.8 Å². The zero-order valence-corrected chi connectivity index (χ0v) is 22.9. The summed E-state index contributed by atoms with van der Waals surface area (Å²) >= 11 is 0. The van der Waals surface area contributed by atoms with Crippen LogP contribution >= 0.6 is 0 Å². The molecule has 0 fully saturated rings. The molecule has 0 radical (unpaired) electrons. The third kappa shape index (κ3) is 7.00. The second-order valence-electron chi connectivity index (χ2n) is 9.74. The van der Waals surface area contributed by atoms with Crippen molar-refractivity contribution in [2.24, 2.45) is 0 Å². The predicted molar refractivity (Wildman–Crippen MR) is 156 cm³/mol. The second-order valence-corrected chi connectivity index (χ2v) is 9.74. The molecule has 5 rings (SSSR count). The molecule has 0 saturated carbocycles. The average Bonchev–Trinajstić information content (AvgIpc) is 3.28. The Labute approximate surface area is 237 Å². The van der Waals surface area contributed by atoms with Gasteiger partial charge in [0.25, 0.3) is 0 Å². The molecule has 6 nitrogen and oxygen atoms in total. The van der Waals surface area contributed by atoms with Crippen LogP contribution in [0.5, 0.6) is 17.2 Å². The van der Waals surface area contributed by atoms with Crippen LogP contribution in [0, 0.1) is 5.82 Å². The fourth-order valence-corrected chi connectivity index (χ4v) is 4.67. The van der Waals surface area contributed by atoms with Crippen molar-refractivity contribution < 1.29 is 28.2 Å². The van der Waals surface area contributed by atoms with Gasteiger partial charge in [0.1, 0.15) is 23.1 Å². The minimum atomic E-state index is -0.376. The molecule has 0 atom stereocenters. The third-order valence-corrected chi connectivity index (χ3v) is 6.50. The van der Waals surface area contributed by atoms with Crippen LogP contribution in [0.3, 0.4) is 0 Å². The van der Waals surface area contributed by atoms with Gasteiger partial charge < -0.3 is 18.8 Å². The lowest BCUT2D eigenvalue weighted by atomic mass is 10.0. The Morgan fingerprint density at radius 3 is 2.34 bits per heavy atom. The molecule has 41 heavy (non-hydrogen) atoms. The third-order valence-electron chi connectivity index (χ3n) is 6.50. The van der Waals surface area contributed by atoms with E-state index in [0.717, 1.165) is 39.6 Å². The summed E-state index contributed by atoms with van der Waals surface area (Å²) in [5.41, 5.74) is 4.72. The molecule has 1 aromatic heterocycles. The van der Waals surface area contributed by atoms with E-state index in [1.807, 2.05) is 67.7 Å². The molecule has 0 saturated heterocycles. The maximum atomic E-state index is 13.5. The summed E-state index contributed by atoms with van der Waals surface area (Å²) < 4.78 is 32.0. The van der Waals surface area contributed by atoms with Crippen molar-refractivity contribution in [1.29, 1.82) is 0 Å². The van der Waals surface area contributed by atoms with Crippen LogP contribution in [-0.4, -0.2) is 23.1 Å². The van der Waals surface area contributed by atoms with Crippen molar-refractivity contribution in [2.75, 3.05) is 6.61 Å². The van der Waals surface area contributed by atoms with E-state index in [2.05, 4.69) is 10.6 Å². The number of esters is 2. The number of nitrogens with zero attached hydrogens (tertiary/aromatic N) is 1. The number of benzene rings is 4. The molecule has 0 bridgehead atoms. The Hall–Kier alpha value is -4.91. The van der Waals surface area contributed by atoms with Gasteiger partial charge in [-0.3, -0.25) is 9.59 Å². The zero-order valence-electron chi connectivity index (χ0n) is 22.9. The van der Waals surface area contributed by atoms with E-state index in [9.17, 15) is 14.0 Å². The van der Waals surface area contributed by atoms with Crippen molar-refractivity contribution in [2.45, 2.75) is 33.2 Å². The number of hydrogen-bond donors (Lipinski definition) is 0. The summed E-state index contributed by atoms with van der Waals surface area (Å²) in [4.78, 5) is 23.9. The van der Waals surface area contributed by atoms with E-state index in [1.165, 1.54) is 19.1 Å². The lowest BCUT2D eigenvalue weighted by Crippen LogP contribution is -2.08. The Balaban J connectivity index is 1.45. The van der Waals surface area contributed by atoms with E-state index in [-0.39, 0.29) is 24.2 Å². The first kappa shape index (κ1) is 27.6. The van der Waals surface area contributed by atoms with Gasteiger partial charge in [0, 0.05) is 36.6 Å². The fourth-order valence-electron chi connectivity index (χ4n) is 4.67. The number of hydrogen-bond acceptors (Lipinski definition) is 5. The Kier molecular flexibility index (Phi) is 8.44. The van der Waals surface area contributed by atoms with Crippen LogP contribution in [0.1, 0.15) is 31.4 Å². The summed E-state index contributed by atoms with van der Waals surface area (Å²) in [5, 5.41) is 0.962. The van der Waals surface area contributed by atoms with Crippen molar-refractivity contribution in [3.63, 3.8) is 0 Å². The molecule has 4 aromatic carbocycles. The number of ether oxygens (including phenoxy) is 3. The smallest absolute Gasteiger partial charge is 0.310 e. The van der Waals surface area contributed by atoms with Gasteiger partial charge in [0.15, 0.2) is 0 Å². The second kappa shape index (κ2) is 12.5. The molecule has 0 N–H and O–H groups in total. The molecule has 1 heterocycles. The van der Waals surface area contributed by atoms with Crippen LogP contribution in [0.2, 0.25) is 0 Å². The standard InChI is InChI=1S/C34H30FNO5/c1-3-16-39-34(38)19-27-22-36(21-24-10-13-29(14-11-24)41-31-9-5-7-28(35)20-31)33-18-26(12-15-32(27)33)25-6-4-8-30(17-25)40-23(2)37/h4-15,17-18,20,22H,3,16,19,21H2,1-2H3. The number of carbonyl (C=O) groups is 2. The van der Waals surface area contributed by atoms with Gasteiger partial charge in [0.2, 0.25) is 0 Å². The predicted octanol–water partition coefficient (Wildman–Crippen LogP) is 7.71. The van der Waals surface area contributed by atoms with E-state index < -0.39 is 0 Å². The van der Waals surface area contributed by atoms with E-state index in [4.69, 9.17) is 14.2 Å². The molecular formula is C34H30FNO5. The molecule has 0 unspecified atom stereocenters. The molecule has 0 aliphatic rings. The highest BCUT2D eigenvalue weighted by Gasteiger charge is 2.15. The molecular weight excluding hydrogens is 521 g/mol. The summed E-state index contributed by atoms with van der Waals surface area (Å²) in [7, 11) is 0. The maximum absolute atomic E-state index is 13.5. The Morgan fingerprint density at radius 2 is 1.59 bits per heavy atom. The molecule has 7 heteroatoms. The van der Waals surface area contributed by atoms with E-state index in [0.29, 0.717) is 30.4 Å². The Bertz CT molecular complexity index is 1690. The summed E-state index contributed by atoms with van der Waals surface area (Å²) in [6.45, 7) is 4.28. The van der Waals surface area contributed by atoms with Gasteiger partial charge in [-0.05, 0) is 71.1 Å². The number of rotatable bonds is 10. The molecule has 0 aliphatic carbocycles. The topological polar surface area (TPSA) is 66.8 Å². The average molecular weight is 552 g/mol. The fraction of sp³-hybridized carbons (Fsp3) is 0.176. The van der Waals surface area contributed by atoms with Gasteiger partial charge in [-0.15, -0.1) is 0 Å². The summed E-state index contributed by atoms with van der Waals surface area (Å²) in [6, 6.07) is 27.1. The van der Waals surface area contributed by atoms with Crippen molar-refractivity contribution in [1.82, 2.24) is 4.57 Å². The first-order valence-corrected chi connectivity index (χ1v) is 13.5. The van der Waals surface area contributed by atoms with Crippen LogP contribution in [0.25, 0.3) is 22.0 Å². The first-order chi connectivity index (χ1) is 19.9. The van der Waals surface area contributed by atoms with E-state index >= 15 is 0 Å². The minimum Gasteiger partial charge on any atom is -0.465 e. The van der Waals surface area contributed by atoms with Gasteiger partial charge in [-0.2, -0.15) is 0 Å². The lowest BCUT2D eigenvalue weighted by Gasteiger charge is -2.10. The molecule has 5 aromatic rings. The number of aromatic nitrogens is 1. The molecule has 0 spiro atoms. The van der Waals surface area contributed by atoms with Crippen LogP contribution in [0.15, 0.2) is 97.2 Å².